The second-order valence-corrected chi connectivity index (χ2v) is 14.4. The van der Waals surface area contributed by atoms with Gasteiger partial charge in [0.25, 0.3) is 32.1 Å². The summed E-state index contributed by atoms with van der Waals surface area (Å²) in [6.07, 6.45) is 0. The maximum atomic E-state index is 13.0. The number of amides is 4. The molecule has 4 amide bonds. The number of nitrogens with one attached hydrogen (secondary N) is 4. The third kappa shape index (κ3) is 7.96. The number of fused-ring (bicyclic) bond motifs is 2. The third-order valence-electron chi connectivity index (χ3n) is 7.95. The quantitative estimate of drug-likeness (QED) is 0.0753. The Morgan fingerprint density at radius 1 is 0.444 bits per heavy atom. The molecule has 0 saturated carbocycles. The zero-order valence-electron chi connectivity index (χ0n) is 27.3. The van der Waals surface area contributed by atoms with Crippen LogP contribution < -0.4 is 21.3 Å². The maximum absolute atomic E-state index is 13.0. The maximum Gasteiger partial charge on any atom is 0.314 e. The van der Waals surface area contributed by atoms with Crippen LogP contribution in [0.25, 0.3) is 21.5 Å². The van der Waals surface area contributed by atoms with Crippen LogP contribution in [-0.2, 0) is 29.8 Å². The van der Waals surface area contributed by atoms with Crippen molar-refractivity contribution in [3.63, 3.8) is 0 Å². The summed E-state index contributed by atoms with van der Waals surface area (Å²) in [6, 6.07) is 24.6. The van der Waals surface area contributed by atoms with E-state index in [4.69, 9.17) is 0 Å². The Labute approximate surface area is 305 Å². The number of hydrogen-bond donors (Lipinski definition) is 8. The van der Waals surface area contributed by atoms with Crippen molar-refractivity contribution in [2.45, 2.75) is 9.79 Å². The van der Waals surface area contributed by atoms with Crippen molar-refractivity contribution in [3.05, 3.63) is 120 Å². The Morgan fingerprint density at radius 2 is 0.815 bits per heavy atom. The fourth-order valence-corrected chi connectivity index (χ4v) is 6.61. The Bertz CT molecular complexity index is 2600. The molecule has 0 spiro atoms. The minimum atomic E-state index is -4.66. The molecule has 6 aromatic rings. The molecule has 0 radical (unpaired) electrons. The lowest BCUT2D eigenvalue weighted by molar-refractivity contribution is -0.132. The van der Waals surface area contributed by atoms with Crippen molar-refractivity contribution >= 4 is 88.2 Å². The van der Waals surface area contributed by atoms with Crippen LogP contribution in [0.3, 0.4) is 0 Å². The van der Waals surface area contributed by atoms with Crippen LogP contribution in [0.5, 0.6) is 11.5 Å². The fourth-order valence-electron chi connectivity index (χ4n) is 5.42. The van der Waals surface area contributed by atoms with E-state index >= 15 is 0 Å². The molecule has 6 aromatic carbocycles. The molecule has 0 heterocycles. The summed E-state index contributed by atoms with van der Waals surface area (Å²) in [7, 11) is -9.32. The number of anilines is 4. The lowest BCUT2D eigenvalue weighted by Crippen LogP contribution is -2.29. The van der Waals surface area contributed by atoms with Crippen LogP contribution in [-0.4, -0.2) is 59.8 Å². The van der Waals surface area contributed by atoms with Gasteiger partial charge in [0.1, 0.15) is 21.3 Å². The minimum Gasteiger partial charge on any atom is -0.506 e. The standard InChI is InChI=1S/C36H26N4O12S2/c41-31-27-11-9-25(15-19(27)7-13-29(31)53(47,48)49)37-33(43)21-3-1-5-23(17-21)39-35(45)36(46)40-24-6-2-4-22(18-24)34(44)38-26-10-12-28-20(16-26)8-14-30(32(28)42)54(50,51)52/h1-18,41-42H,(H,37,43)(H,38,44)(H,39,45)(H,40,46)(H,47,48,49)(H,50,51,52). The molecule has 0 aliphatic rings. The van der Waals surface area contributed by atoms with Crippen molar-refractivity contribution in [3.8, 4) is 11.5 Å². The van der Waals surface area contributed by atoms with Gasteiger partial charge < -0.3 is 31.5 Å². The van der Waals surface area contributed by atoms with Gasteiger partial charge in [0.05, 0.1) is 0 Å². The summed E-state index contributed by atoms with van der Waals surface area (Å²) in [5.74, 6) is -4.67. The molecule has 0 fully saturated rings. The molecule has 0 aliphatic heterocycles. The van der Waals surface area contributed by atoms with Gasteiger partial charge >= 0.3 is 11.8 Å². The number of carbonyl (C=O) groups is 4. The summed E-state index contributed by atoms with van der Waals surface area (Å²) in [4.78, 5) is 50.2. The highest BCUT2D eigenvalue weighted by molar-refractivity contribution is 7.86. The van der Waals surface area contributed by atoms with Gasteiger partial charge in [-0.3, -0.25) is 28.3 Å². The molecule has 0 bridgehead atoms. The highest BCUT2D eigenvalue weighted by Gasteiger charge is 2.20. The molecule has 0 atom stereocenters. The Hall–Kier alpha value is -6.86. The van der Waals surface area contributed by atoms with Gasteiger partial charge in [-0.05, 0) is 95.7 Å². The van der Waals surface area contributed by atoms with Gasteiger partial charge in [0, 0.05) is 44.6 Å². The molecular weight excluding hydrogens is 745 g/mol. The average molecular weight is 771 g/mol. The highest BCUT2D eigenvalue weighted by atomic mass is 32.2. The van der Waals surface area contributed by atoms with Crippen molar-refractivity contribution in [2.24, 2.45) is 0 Å². The van der Waals surface area contributed by atoms with Crippen LogP contribution in [0, 0.1) is 0 Å². The summed E-state index contributed by atoms with van der Waals surface area (Å²) >= 11 is 0. The largest absolute Gasteiger partial charge is 0.506 e. The van der Waals surface area contributed by atoms with Gasteiger partial charge in [-0.2, -0.15) is 16.8 Å². The normalized spacial score (nSPS) is 11.5. The Balaban J connectivity index is 1.08. The molecule has 0 saturated heterocycles. The summed E-state index contributed by atoms with van der Waals surface area (Å²) < 4.78 is 64.5. The minimum absolute atomic E-state index is 0.0997. The molecule has 6 rings (SSSR count). The zero-order chi connectivity index (χ0) is 38.9. The molecule has 274 valence electrons. The summed E-state index contributed by atoms with van der Waals surface area (Å²) in [5.41, 5.74) is 0.978. The molecule has 8 N–H and O–H groups in total. The number of hydrogen-bond acceptors (Lipinski definition) is 10. The zero-order valence-corrected chi connectivity index (χ0v) is 28.9. The van der Waals surface area contributed by atoms with Gasteiger partial charge in [0.2, 0.25) is 0 Å². The van der Waals surface area contributed by atoms with E-state index in [1.165, 1.54) is 97.1 Å². The lowest BCUT2D eigenvalue weighted by atomic mass is 10.1. The van der Waals surface area contributed by atoms with Crippen LogP contribution in [0.2, 0.25) is 0 Å². The van der Waals surface area contributed by atoms with Gasteiger partial charge in [-0.15, -0.1) is 0 Å². The average Bonchev–Trinajstić information content (AvgIpc) is 3.11. The number of carbonyl (C=O) groups excluding carboxylic acids is 4. The number of rotatable bonds is 8. The molecule has 54 heavy (non-hydrogen) atoms. The Morgan fingerprint density at radius 3 is 1.19 bits per heavy atom. The van der Waals surface area contributed by atoms with E-state index in [9.17, 15) is 55.3 Å². The van der Waals surface area contributed by atoms with Crippen molar-refractivity contribution in [2.75, 3.05) is 21.3 Å². The van der Waals surface area contributed by atoms with E-state index in [0.29, 0.717) is 10.8 Å². The van der Waals surface area contributed by atoms with E-state index in [1.807, 2.05) is 0 Å². The predicted octanol–water partition coefficient (Wildman–Crippen LogP) is 4.98. The molecule has 0 aromatic heterocycles. The van der Waals surface area contributed by atoms with Crippen molar-refractivity contribution in [1.29, 1.82) is 0 Å². The number of phenols is 2. The first-order valence-corrected chi connectivity index (χ1v) is 18.3. The lowest BCUT2D eigenvalue weighted by Gasteiger charge is -2.11. The van der Waals surface area contributed by atoms with E-state index in [-0.39, 0.29) is 44.6 Å². The smallest absolute Gasteiger partial charge is 0.314 e. The molecular formula is C36H26N4O12S2. The van der Waals surface area contributed by atoms with E-state index in [0.717, 1.165) is 12.1 Å². The van der Waals surface area contributed by atoms with Crippen molar-refractivity contribution < 1.29 is 55.3 Å². The first-order chi connectivity index (χ1) is 25.5. The van der Waals surface area contributed by atoms with Crippen LogP contribution in [0.15, 0.2) is 119 Å². The van der Waals surface area contributed by atoms with E-state index < -0.39 is 65.2 Å². The molecule has 0 unspecified atom stereocenters. The summed E-state index contributed by atoms with van der Waals surface area (Å²) in [6.45, 7) is 0. The molecule has 16 nitrogen and oxygen atoms in total. The topological polar surface area (TPSA) is 266 Å². The number of aromatic hydroxyl groups is 2. The van der Waals surface area contributed by atoms with E-state index in [1.54, 1.807) is 0 Å². The van der Waals surface area contributed by atoms with Crippen LogP contribution >= 0.6 is 0 Å². The SMILES string of the molecule is O=C(Nc1cccc(C(=O)Nc2ccc3c(O)c(S(=O)(=O)O)ccc3c2)c1)C(=O)Nc1cccc(C(=O)Nc2ccc3c(O)c(S(=O)(=O)O)ccc3c2)c1. The second kappa shape index (κ2) is 14.3. The predicted molar refractivity (Wildman–Crippen MR) is 197 cm³/mol. The highest BCUT2D eigenvalue weighted by Crippen LogP contribution is 2.34. The summed E-state index contributed by atoms with van der Waals surface area (Å²) in [5, 5.41) is 31.6. The third-order valence-corrected chi connectivity index (χ3v) is 9.72. The number of benzene rings is 6. The second-order valence-electron chi connectivity index (χ2n) is 11.6. The van der Waals surface area contributed by atoms with Crippen molar-refractivity contribution in [1.82, 2.24) is 0 Å². The van der Waals surface area contributed by atoms with Crippen LogP contribution in [0.4, 0.5) is 22.7 Å². The van der Waals surface area contributed by atoms with Crippen LogP contribution in [0.1, 0.15) is 20.7 Å². The Kier molecular flexibility index (Phi) is 9.76. The van der Waals surface area contributed by atoms with Gasteiger partial charge in [-0.1, -0.05) is 24.3 Å². The fraction of sp³-hybridized carbons (Fsp3) is 0. The van der Waals surface area contributed by atoms with Gasteiger partial charge in [0.15, 0.2) is 0 Å². The molecule has 18 heteroatoms. The number of phenolic OH excluding ortho intramolecular Hbond substituents is 2. The van der Waals surface area contributed by atoms with E-state index in [2.05, 4.69) is 21.3 Å². The first kappa shape index (κ1) is 36.9. The van der Waals surface area contributed by atoms with Gasteiger partial charge in [-0.25, -0.2) is 0 Å². The molecule has 0 aliphatic carbocycles. The first-order valence-electron chi connectivity index (χ1n) is 15.4. The monoisotopic (exact) mass is 770 g/mol.